The van der Waals surface area contributed by atoms with Gasteiger partial charge in [0.05, 0.1) is 0 Å². The number of fused-ring (bicyclic) bond motifs is 1. The van der Waals surface area contributed by atoms with Crippen molar-refractivity contribution in [3.05, 3.63) is 96.2 Å². The minimum absolute atomic E-state index is 0.168. The maximum atomic E-state index is 12.6. The van der Waals surface area contributed by atoms with E-state index in [2.05, 4.69) is 35.7 Å². The molecular formula is C24H20N8O. The first-order valence-electron chi connectivity index (χ1n) is 10.3. The summed E-state index contributed by atoms with van der Waals surface area (Å²) in [7, 11) is 0. The molecule has 162 valence electrons. The lowest BCUT2D eigenvalue weighted by molar-refractivity contribution is 0.0951. The molecule has 5 rings (SSSR count). The van der Waals surface area contributed by atoms with E-state index in [0.29, 0.717) is 29.5 Å². The number of rotatable bonds is 6. The maximum Gasteiger partial charge on any atom is 0.254 e. The monoisotopic (exact) mass is 436 g/mol. The van der Waals surface area contributed by atoms with E-state index < -0.39 is 0 Å². The Morgan fingerprint density at radius 1 is 0.970 bits per heavy atom. The van der Waals surface area contributed by atoms with Gasteiger partial charge in [-0.05, 0) is 48.9 Å². The van der Waals surface area contributed by atoms with Crippen LogP contribution in [0.15, 0.2) is 79.4 Å². The minimum Gasteiger partial charge on any atom is -0.348 e. The first kappa shape index (κ1) is 20.3. The Morgan fingerprint density at radius 2 is 1.82 bits per heavy atom. The Hall–Kier alpha value is -4.66. The van der Waals surface area contributed by atoms with Gasteiger partial charge in [-0.15, -0.1) is 5.10 Å². The summed E-state index contributed by atoms with van der Waals surface area (Å²) in [6.45, 7) is 2.30. The van der Waals surface area contributed by atoms with Gasteiger partial charge in [0, 0.05) is 59.9 Å². The number of benzene rings is 1. The molecule has 33 heavy (non-hydrogen) atoms. The number of carbonyl (C=O) groups is 1. The number of hydrogen-bond donors (Lipinski definition) is 2. The highest BCUT2D eigenvalue weighted by Gasteiger charge is 2.13. The smallest absolute Gasteiger partial charge is 0.254 e. The minimum atomic E-state index is -0.168. The summed E-state index contributed by atoms with van der Waals surface area (Å²) in [6, 6.07) is 16.6. The Balaban J connectivity index is 1.39. The van der Waals surface area contributed by atoms with Crippen molar-refractivity contribution < 1.29 is 4.79 Å². The van der Waals surface area contributed by atoms with Gasteiger partial charge in [-0.2, -0.15) is 9.50 Å². The molecule has 0 aliphatic heterocycles. The SMILES string of the molecule is Cc1cc(Nc2cccc(C(=O)NCc3cccnc3)c2)n2nc(-c3cccnc3)nc2n1. The fraction of sp³-hybridized carbons (Fsp3) is 0.0833. The Bertz CT molecular complexity index is 1420. The molecule has 0 saturated carbocycles. The van der Waals surface area contributed by atoms with Gasteiger partial charge in [0.1, 0.15) is 5.82 Å². The highest BCUT2D eigenvalue weighted by molar-refractivity contribution is 5.95. The molecule has 1 aromatic carbocycles. The van der Waals surface area contributed by atoms with Gasteiger partial charge in [-0.1, -0.05) is 12.1 Å². The van der Waals surface area contributed by atoms with Crippen molar-refractivity contribution in [3.8, 4) is 11.4 Å². The number of aromatic nitrogens is 6. The zero-order valence-electron chi connectivity index (χ0n) is 17.8. The van der Waals surface area contributed by atoms with Crippen LogP contribution < -0.4 is 10.6 Å². The van der Waals surface area contributed by atoms with E-state index in [-0.39, 0.29) is 5.91 Å². The van der Waals surface area contributed by atoms with Crippen molar-refractivity contribution >= 4 is 23.2 Å². The lowest BCUT2D eigenvalue weighted by Crippen LogP contribution is -2.22. The average Bonchev–Trinajstić information content (AvgIpc) is 3.28. The molecule has 0 radical (unpaired) electrons. The quantitative estimate of drug-likeness (QED) is 0.419. The van der Waals surface area contributed by atoms with Crippen molar-refractivity contribution in [2.24, 2.45) is 0 Å². The number of nitrogens with one attached hydrogen (secondary N) is 2. The summed E-state index contributed by atoms with van der Waals surface area (Å²) in [5.74, 6) is 1.53. The van der Waals surface area contributed by atoms with E-state index in [1.165, 1.54) is 0 Å². The molecule has 2 N–H and O–H groups in total. The summed E-state index contributed by atoms with van der Waals surface area (Å²) in [5.41, 5.74) is 3.82. The van der Waals surface area contributed by atoms with E-state index in [0.717, 1.165) is 22.5 Å². The Kier molecular flexibility index (Phi) is 5.42. The maximum absolute atomic E-state index is 12.6. The molecule has 0 aliphatic rings. The fourth-order valence-corrected chi connectivity index (χ4v) is 3.37. The van der Waals surface area contributed by atoms with Crippen LogP contribution in [0.3, 0.4) is 0 Å². The number of carbonyl (C=O) groups excluding carboxylic acids is 1. The topological polar surface area (TPSA) is 110 Å². The molecule has 0 fully saturated rings. The molecule has 9 nitrogen and oxygen atoms in total. The third kappa shape index (κ3) is 4.52. The summed E-state index contributed by atoms with van der Waals surface area (Å²) < 4.78 is 1.64. The molecular weight excluding hydrogens is 416 g/mol. The van der Waals surface area contributed by atoms with Crippen molar-refractivity contribution in [3.63, 3.8) is 0 Å². The predicted molar refractivity (Wildman–Crippen MR) is 124 cm³/mol. The van der Waals surface area contributed by atoms with Crippen molar-refractivity contribution in [2.45, 2.75) is 13.5 Å². The van der Waals surface area contributed by atoms with Crippen LogP contribution >= 0.6 is 0 Å². The van der Waals surface area contributed by atoms with Gasteiger partial charge < -0.3 is 10.6 Å². The van der Waals surface area contributed by atoms with E-state index >= 15 is 0 Å². The van der Waals surface area contributed by atoms with Crippen LogP contribution in [-0.4, -0.2) is 35.5 Å². The highest BCUT2D eigenvalue weighted by atomic mass is 16.1. The molecule has 0 saturated heterocycles. The Morgan fingerprint density at radius 3 is 2.61 bits per heavy atom. The molecule has 0 spiro atoms. The first-order chi connectivity index (χ1) is 16.2. The number of amides is 1. The summed E-state index contributed by atoms with van der Waals surface area (Å²) in [5, 5.41) is 10.8. The number of hydrogen-bond acceptors (Lipinski definition) is 7. The average molecular weight is 436 g/mol. The molecule has 4 heterocycles. The van der Waals surface area contributed by atoms with Gasteiger partial charge >= 0.3 is 0 Å². The number of nitrogens with zero attached hydrogens (tertiary/aromatic N) is 6. The normalized spacial score (nSPS) is 10.8. The second-order valence-corrected chi connectivity index (χ2v) is 7.42. The van der Waals surface area contributed by atoms with Gasteiger partial charge in [-0.25, -0.2) is 4.98 Å². The summed E-state index contributed by atoms with van der Waals surface area (Å²) in [4.78, 5) is 29.9. The van der Waals surface area contributed by atoms with Crippen LogP contribution in [0.4, 0.5) is 11.5 Å². The fourth-order valence-electron chi connectivity index (χ4n) is 3.37. The predicted octanol–water partition coefficient (Wildman–Crippen LogP) is 3.56. The molecule has 0 bridgehead atoms. The highest BCUT2D eigenvalue weighted by Crippen LogP contribution is 2.21. The molecule has 0 unspecified atom stereocenters. The van der Waals surface area contributed by atoms with E-state index in [4.69, 9.17) is 0 Å². The van der Waals surface area contributed by atoms with E-state index in [9.17, 15) is 4.79 Å². The second-order valence-electron chi connectivity index (χ2n) is 7.42. The van der Waals surface area contributed by atoms with Crippen LogP contribution in [0.2, 0.25) is 0 Å². The third-order valence-corrected chi connectivity index (χ3v) is 4.93. The van der Waals surface area contributed by atoms with Crippen molar-refractivity contribution in [1.82, 2.24) is 34.9 Å². The van der Waals surface area contributed by atoms with Crippen molar-refractivity contribution in [1.29, 1.82) is 0 Å². The first-order valence-corrected chi connectivity index (χ1v) is 10.3. The number of anilines is 2. The van der Waals surface area contributed by atoms with E-state index in [1.54, 1.807) is 41.4 Å². The van der Waals surface area contributed by atoms with E-state index in [1.807, 2.05) is 49.4 Å². The zero-order chi connectivity index (χ0) is 22.6. The van der Waals surface area contributed by atoms with Gasteiger partial charge in [0.15, 0.2) is 5.82 Å². The third-order valence-electron chi connectivity index (χ3n) is 4.93. The van der Waals surface area contributed by atoms with Crippen LogP contribution in [0.1, 0.15) is 21.6 Å². The van der Waals surface area contributed by atoms with Gasteiger partial charge in [0.2, 0.25) is 0 Å². The molecule has 4 aromatic heterocycles. The lowest BCUT2D eigenvalue weighted by Gasteiger charge is -2.10. The molecule has 9 heteroatoms. The van der Waals surface area contributed by atoms with Crippen LogP contribution in [0.5, 0.6) is 0 Å². The summed E-state index contributed by atoms with van der Waals surface area (Å²) in [6.07, 6.45) is 6.84. The molecule has 1 amide bonds. The second kappa shape index (κ2) is 8.83. The van der Waals surface area contributed by atoms with Crippen LogP contribution in [0.25, 0.3) is 17.2 Å². The number of aryl methyl sites for hydroxylation is 1. The number of pyridine rings is 2. The van der Waals surface area contributed by atoms with Gasteiger partial charge in [0.25, 0.3) is 11.7 Å². The standard InChI is InChI=1S/C24H20N8O/c1-16-11-21(32-24(28-16)30-22(31-32)19-7-4-10-26-15-19)29-20-8-2-6-18(12-20)23(33)27-14-17-5-3-9-25-13-17/h2-13,15,29H,14H2,1H3,(H,27,33). The van der Waals surface area contributed by atoms with Crippen molar-refractivity contribution in [2.75, 3.05) is 5.32 Å². The summed E-state index contributed by atoms with van der Waals surface area (Å²) >= 11 is 0. The van der Waals surface area contributed by atoms with Crippen LogP contribution in [0, 0.1) is 6.92 Å². The largest absolute Gasteiger partial charge is 0.348 e. The molecule has 0 atom stereocenters. The Labute approximate surface area is 189 Å². The van der Waals surface area contributed by atoms with Gasteiger partial charge in [-0.3, -0.25) is 14.8 Å². The van der Waals surface area contributed by atoms with Crippen LogP contribution in [-0.2, 0) is 6.54 Å². The lowest BCUT2D eigenvalue weighted by atomic mass is 10.2. The molecule has 0 aliphatic carbocycles. The molecule has 5 aromatic rings. The zero-order valence-corrected chi connectivity index (χ0v) is 17.8.